The van der Waals surface area contributed by atoms with Gasteiger partial charge < -0.3 is 14.8 Å². The van der Waals surface area contributed by atoms with E-state index in [0.717, 1.165) is 5.56 Å². The average Bonchev–Trinajstić information content (AvgIpc) is 3.07. The van der Waals surface area contributed by atoms with Crippen molar-refractivity contribution in [1.29, 1.82) is 0 Å². The van der Waals surface area contributed by atoms with E-state index >= 15 is 0 Å². The van der Waals surface area contributed by atoms with E-state index in [1.54, 1.807) is 19.2 Å². The highest BCUT2D eigenvalue weighted by Gasteiger charge is 2.40. The number of benzene rings is 3. The van der Waals surface area contributed by atoms with E-state index in [1.165, 1.54) is 4.90 Å². The zero-order valence-electron chi connectivity index (χ0n) is 19.8. The number of amides is 2. The Morgan fingerprint density at radius 2 is 1.62 bits per heavy atom. The van der Waals surface area contributed by atoms with Crippen molar-refractivity contribution in [2.75, 3.05) is 23.9 Å². The molecule has 0 spiro atoms. The van der Waals surface area contributed by atoms with Gasteiger partial charge in [0.25, 0.3) is 11.8 Å². The molecule has 1 aliphatic rings. The Kier molecular flexibility index (Phi) is 6.68. The molecule has 0 saturated carbocycles. The third-order valence-corrected chi connectivity index (χ3v) is 5.51. The minimum absolute atomic E-state index is 0.220. The summed E-state index contributed by atoms with van der Waals surface area (Å²) in [6.07, 6.45) is 0. The summed E-state index contributed by atoms with van der Waals surface area (Å²) in [6, 6.07) is 21.9. The Balaban J connectivity index is 1.76. The Labute approximate surface area is 199 Å². The zero-order chi connectivity index (χ0) is 24.2. The lowest BCUT2D eigenvalue weighted by Gasteiger charge is -2.17. The quantitative estimate of drug-likeness (QED) is 0.458. The summed E-state index contributed by atoms with van der Waals surface area (Å²) in [5.41, 5.74) is 3.22. The molecule has 3 aromatic carbocycles. The van der Waals surface area contributed by atoms with Crippen LogP contribution in [0, 0.1) is 12.8 Å². The summed E-state index contributed by atoms with van der Waals surface area (Å²) >= 11 is 0. The van der Waals surface area contributed by atoms with Crippen LogP contribution in [0.5, 0.6) is 11.5 Å². The fourth-order valence-electron chi connectivity index (χ4n) is 3.77. The minimum Gasteiger partial charge on any atom is -0.497 e. The van der Waals surface area contributed by atoms with Crippen LogP contribution < -0.4 is 19.7 Å². The number of methoxy groups -OCH3 is 1. The minimum atomic E-state index is -0.405. The van der Waals surface area contributed by atoms with Gasteiger partial charge in [0.05, 0.1) is 25.0 Å². The average molecular weight is 457 g/mol. The Morgan fingerprint density at radius 1 is 0.882 bits per heavy atom. The van der Waals surface area contributed by atoms with Crippen molar-refractivity contribution in [3.8, 4) is 11.5 Å². The standard InChI is InChI=1S/C28H28N2O4/c1-18(2)17-34-22-14-12-20(13-15-22)25-26(29-21-9-7-10-23(16-21)33-4)28(32)30(27(25)31)24-11-6-5-8-19(24)3/h5-16,18,29H,17H2,1-4H3. The molecule has 34 heavy (non-hydrogen) atoms. The number of hydrogen-bond acceptors (Lipinski definition) is 5. The Hall–Kier alpha value is -4.06. The monoisotopic (exact) mass is 456 g/mol. The van der Waals surface area contributed by atoms with Gasteiger partial charge in [0, 0.05) is 11.8 Å². The molecule has 6 nitrogen and oxygen atoms in total. The van der Waals surface area contributed by atoms with Crippen molar-refractivity contribution < 1.29 is 19.1 Å². The molecule has 0 aromatic heterocycles. The highest BCUT2D eigenvalue weighted by molar-refractivity contribution is 6.46. The molecule has 174 valence electrons. The van der Waals surface area contributed by atoms with Crippen LogP contribution in [0.2, 0.25) is 0 Å². The van der Waals surface area contributed by atoms with Crippen LogP contribution >= 0.6 is 0 Å². The first-order valence-corrected chi connectivity index (χ1v) is 11.2. The molecule has 0 aliphatic carbocycles. The molecule has 1 aliphatic heterocycles. The van der Waals surface area contributed by atoms with Crippen LogP contribution in [0.1, 0.15) is 25.0 Å². The lowest BCUT2D eigenvalue weighted by molar-refractivity contribution is -0.120. The van der Waals surface area contributed by atoms with E-state index in [2.05, 4.69) is 19.2 Å². The number of aryl methyl sites for hydroxylation is 1. The number of anilines is 2. The third-order valence-electron chi connectivity index (χ3n) is 5.51. The molecular formula is C28H28N2O4. The van der Waals surface area contributed by atoms with Gasteiger partial charge in [0.1, 0.15) is 17.2 Å². The van der Waals surface area contributed by atoms with Crippen LogP contribution in [0.15, 0.2) is 78.5 Å². The fourth-order valence-corrected chi connectivity index (χ4v) is 3.77. The molecule has 4 rings (SSSR count). The van der Waals surface area contributed by atoms with Gasteiger partial charge in [-0.1, -0.05) is 50.2 Å². The number of hydrogen-bond donors (Lipinski definition) is 1. The van der Waals surface area contributed by atoms with Crippen molar-refractivity contribution in [2.24, 2.45) is 5.92 Å². The maximum absolute atomic E-state index is 13.6. The van der Waals surface area contributed by atoms with Crippen molar-refractivity contribution in [3.63, 3.8) is 0 Å². The molecule has 0 unspecified atom stereocenters. The van der Waals surface area contributed by atoms with Crippen molar-refractivity contribution in [1.82, 2.24) is 0 Å². The maximum Gasteiger partial charge on any atom is 0.282 e. The SMILES string of the molecule is COc1cccc(NC2=C(c3ccc(OCC(C)C)cc3)C(=O)N(c3ccccc3C)C2=O)c1. The fraction of sp³-hybridized carbons (Fsp3) is 0.214. The van der Waals surface area contributed by atoms with E-state index in [4.69, 9.17) is 9.47 Å². The molecule has 0 fully saturated rings. The van der Waals surface area contributed by atoms with Gasteiger partial charge in [-0.3, -0.25) is 9.59 Å². The molecule has 0 radical (unpaired) electrons. The number of nitrogens with zero attached hydrogens (tertiary/aromatic N) is 1. The number of nitrogens with one attached hydrogen (secondary N) is 1. The second-order valence-electron chi connectivity index (χ2n) is 8.57. The number of imide groups is 1. The van der Waals surface area contributed by atoms with Crippen LogP contribution in [0.25, 0.3) is 5.57 Å². The van der Waals surface area contributed by atoms with Crippen LogP contribution in [-0.2, 0) is 9.59 Å². The highest BCUT2D eigenvalue weighted by Crippen LogP contribution is 2.35. The molecule has 1 heterocycles. The molecule has 0 atom stereocenters. The molecule has 6 heteroatoms. The number of para-hydroxylation sites is 1. The first-order valence-electron chi connectivity index (χ1n) is 11.2. The molecule has 2 amide bonds. The third kappa shape index (κ3) is 4.66. The van der Waals surface area contributed by atoms with Crippen molar-refractivity contribution >= 4 is 28.8 Å². The summed E-state index contributed by atoms with van der Waals surface area (Å²) < 4.78 is 11.1. The van der Waals surface area contributed by atoms with Crippen molar-refractivity contribution in [2.45, 2.75) is 20.8 Å². The second kappa shape index (κ2) is 9.83. The predicted molar refractivity (Wildman–Crippen MR) is 134 cm³/mol. The largest absolute Gasteiger partial charge is 0.497 e. The van der Waals surface area contributed by atoms with E-state index in [9.17, 15) is 9.59 Å². The van der Waals surface area contributed by atoms with E-state index in [1.807, 2.05) is 67.6 Å². The van der Waals surface area contributed by atoms with Gasteiger partial charge in [0.15, 0.2) is 0 Å². The van der Waals surface area contributed by atoms with Gasteiger partial charge in [-0.05, 0) is 54.3 Å². The van der Waals surface area contributed by atoms with Gasteiger partial charge in [-0.25, -0.2) is 4.90 Å². The van der Waals surface area contributed by atoms with Crippen LogP contribution in [0.4, 0.5) is 11.4 Å². The van der Waals surface area contributed by atoms with E-state index < -0.39 is 5.91 Å². The first kappa shape index (κ1) is 23.1. The first-order chi connectivity index (χ1) is 16.4. The van der Waals surface area contributed by atoms with Gasteiger partial charge in [-0.15, -0.1) is 0 Å². The van der Waals surface area contributed by atoms with E-state index in [-0.39, 0.29) is 11.6 Å². The summed E-state index contributed by atoms with van der Waals surface area (Å²) in [5, 5.41) is 3.17. The molecule has 1 N–H and O–H groups in total. The predicted octanol–water partition coefficient (Wildman–Crippen LogP) is 5.44. The summed E-state index contributed by atoms with van der Waals surface area (Å²) in [6.45, 7) is 6.64. The molecule has 0 saturated heterocycles. The van der Waals surface area contributed by atoms with Gasteiger partial charge in [0.2, 0.25) is 0 Å². The topological polar surface area (TPSA) is 67.9 Å². The smallest absolute Gasteiger partial charge is 0.282 e. The van der Waals surface area contributed by atoms with Gasteiger partial charge in [-0.2, -0.15) is 0 Å². The van der Waals surface area contributed by atoms with Crippen LogP contribution in [-0.4, -0.2) is 25.5 Å². The van der Waals surface area contributed by atoms with Crippen molar-refractivity contribution in [3.05, 3.63) is 89.6 Å². The summed E-state index contributed by atoms with van der Waals surface area (Å²) in [7, 11) is 1.58. The zero-order valence-corrected chi connectivity index (χ0v) is 19.8. The molecular weight excluding hydrogens is 428 g/mol. The maximum atomic E-state index is 13.6. The second-order valence-corrected chi connectivity index (χ2v) is 8.57. The number of carbonyl (C=O) groups excluding carboxylic acids is 2. The molecule has 0 bridgehead atoms. The summed E-state index contributed by atoms with van der Waals surface area (Å²) in [5.74, 6) is 0.981. The highest BCUT2D eigenvalue weighted by atomic mass is 16.5. The number of rotatable bonds is 8. The number of carbonyl (C=O) groups is 2. The lowest BCUT2D eigenvalue weighted by atomic mass is 10.0. The molecule has 3 aromatic rings. The van der Waals surface area contributed by atoms with Gasteiger partial charge >= 0.3 is 0 Å². The Bertz CT molecular complexity index is 1250. The normalized spacial score (nSPS) is 13.6. The van der Waals surface area contributed by atoms with E-state index in [0.29, 0.717) is 46.5 Å². The number of ether oxygens (including phenoxy) is 2. The Morgan fingerprint density at radius 3 is 2.29 bits per heavy atom. The summed E-state index contributed by atoms with van der Waals surface area (Å²) in [4.78, 5) is 28.5. The lowest BCUT2D eigenvalue weighted by Crippen LogP contribution is -2.33. The van der Waals surface area contributed by atoms with Crippen LogP contribution in [0.3, 0.4) is 0 Å².